The van der Waals surface area contributed by atoms with Crippen molar-refractivity contribution in [2.45, 2.75) is 27.2 Å². The first-order chi connectivity index (χ1) is 5.03. The number of ketones is 1. The molecule has 2 aliphatic carbocycles. The first-order valence-corrected chi connectivity index (χ1v) is 4.24. The van der Waals surface area contributed by atoms with Gasteiger partial charge in [-0.25, -0.2) is 0 Å². The van der Waals surface area contributed by atoms with Crippen LogP contribution in [-0.4, -0.2) is 5.78 Å². The lowest BCUT2D eigenvalue weighted by Gasteiger charge is -2.04. The van der Waals surface area contributed by atoms with Crippen molar-refractivity contribution in [2.24, 2.45) is 17.3 Å². The van der Waals surface area contributed by atoms with Gasteiger partial charge >= 0.3 is 0 Å². The Labute approximate surface area is 67.5 Å². The van der Waals surface area contributed by atoms with Gasteiger partial charge in [0.15, 0.2) is 5.78 Å². The van der Waals surface area contributed by atoms with Crippen molar-refractivity contribution in [3.05, 3.63) is 11.6 Å². The Balaban J connectivity index is 2.28. The molecule has 0 bridgehead atoms. The Bertz CT molecular complexity index is 248. The van der Waals surface area contributed by atoms with E-state index in [1.807, 2.05) is 6.08 Å². The first-order valence-electron chi connectivity index (χ1n) is 4.24. The van der Waals surface area contributed by atoms with E-state index in [2.05, 4.69) is 20.8 Å². The summed E-state index contributed by atoms with van der Waals surface area (Å²) in [5.74, 6) is 1.37. The third-order valence-corrected chi connectivity index (χ3v) is 3.29. The van der Waals surface area contributed by atoms with Crippen LogP contribution in [0.5, 0.6) is 0 Å². The van der Waals surface area contributed by atoms with Crippen molar-refractivity contribution in [1.29, 1.82) is 0 Å². The summed E-state index contributed by atoms with van der Waals surface area (Å²) in [5, 5.41) is 0. The molecule has 0 radical (unpaired) electrons. The second kappa shape index (κ2) is 1.77. The van der Waals surface area contributed by atoms with Gasteiger partial charge < -0.3 is 0 Å². The van der Waals surface area contributed by atoms with E-state index in [1.54, 1.807) is 0 Å². The summed E-state index contributed by atoms with van der Waals surface area (Å²) < 4.78 is 0. The number of carbonyl (C=O) groups excluding carboxylic acids is 1. The highest BCUT2D eigenvalue weighted by molar-refractivity contribution is 5.96. The fourth-order valence-electron chi connectivity index (χ4n) is 2.43. The van der Waals surface area contributed by atoms with Crippen LogP contribution in [-0.2, 0) is 4.79 Å². The van der Waals surface area contributed by atoms with Crippen LogP contribution in [0.15, 0.2) is 11.6 Å². The standard InChI is InChI=1S/C10H14O/c1-6-4-7-9(8(11)5-6)10(7,2)3/h5,7,9H,4H2,1-3H3. The zero-order valence-corrected chi connectivity index (χ0v) is 7.35. The van der Waals surface area contributed by atoms with E-state index < -0.39 is 0 Å². The lowest BCUT2D eigenvalue weighted by molar-refractivity contribution is -0.116. The molecule has 0 aromatic rings. The molecule has 0 aliphatic heterocycles. The van der Waals surface area contributed by atoms with E-state index in [-0.39, 0.29) is 0 Å². The molecule has 1 fully saturated rings. The van der Waals surface area contributed by atoms with Gasteiger partial charge in [-0.15, -0.1) is 0 Å². The highest BCUT2D eigenvalue weighted by atomic mass is 16.1. The molecule has 11 heavy (non-hydrogen) atoms. The number of hydrogen-bond donors (Lipinski definition) is 0. The van der Waals surface area contributed by atoms with E-state index in [1.165, 1.54) is 5.57 Å². The predicted molar refractivity (Wildman–Crippen MR) is 44.1 cm³/mol. The summed E-state index contributed by atoms with van der Waals surface area (Å²) in [7, 11) is 0. The summed E-state index contributed by atoms with van der Waals surface area (Å²) in [6.07, 6.45) is 2.97. The van der Waals surface area contributed by atoms with Crippen molar-refractivity contribution >= 4 is 5.78 Å². The van der Waals surface area contributed by atoms with Crippen LogP contribution in [0.2, 0.25) is 0 Å². The smallest absolute Gasteiger partial charge is 0.159 e. The molecule has 0 spiro atoms. The van der Waals surface area contributed by atoms with Gasteiger partial charge in [-0.2, -0.15) is 0 Å². The average Bonchev–Trinajstić information content (AvgIpc) is 2.34. The highest BCUT2D eigenvalue weighted by Gasteiger charge is 2.61. The van der Waals surface area contributed by atoms with E-state index in [0.29, 0.717) is 23.0 Å². The maximum Gasteiger partial charge on any atom is 0.159 e. The Hall–Kier alpha value is -0.590. The molecule has 0 aromatic carbocycles. The Morgan fingerprint density at radius 2 is 2.18 bits per heavy atom. The third-order valence-electron chi connectivity index (χ3n) is 3.29. The van der Waals surface area contributed by atoms with Crippen LogP contribution in [0, 0.1) is 17.3 Å². The fourth-order valence-corrected chi connectivity index (χ4v) is 2.43. The van der Waals surface area contributed by atoms with Gasteiger partial charge in [0.05, 0.1) is 0 Å². The van der Waals surface area contributed by atoms with Gasteiger partial charge in [-0.05, 0) is 30.8 Å². The van der Waals surface area contributed by atoms with Gasteiger partial charge in [-0.1, -0.05) is 19.4 Å². The zero-order valence-electron chi connectivity index (χ0n) is 7.35. The number of fused-ring (bicyclic) bond motifs is 1. The molecule has 0 N–H and O–H groups in total. The second-order valence-corrected chi connectivity index (χ2v) is 4.50. The van der Waals surface area contributed by atoms with Crippen LogP contribution in [0.4, 0.5) is 0 Å². The van der Waals surface area contributed by atoms with Gasteiger partial charge in [0.25, 0.3) is 0 Å². The summed E-state index contributed by atoms with van der Waals surface area (Å²) in [6, 6.07) is 0. The number of rotatable bonds is 0. The lowest BCUT2D eigenvalue weighted by atomic mass is 10.0. The maximum absolute atomic E-state index is 11.4. The summed E-state index contributed by atoms with van der Waals surface area (Å²) >= 11 is 0. The Morgan fingerprint density at radius 1 is 1.55 bits per heavy atom. The topological polar surface area (TPSA) is 17.1 Å². The van der Waals surface area contributed by atoms with Gasteiger partial charge in [0.1, 0.15) is 0 Å². The second-order valence-electron chi connectivity index (χ2n) is 4.50. The van der Waals surface area contributed by atoms with E-state index in [0.717, 1.165) is 6.42 Å². The average molecular weight is 150 g/mol. The van der Waals surface area contributed by atoms with Crippen molar-refractivity contribution in [3.63, 3.8) is 0 Å². The predicted octanol–water partition coefficient (Wildman–Crippen LogP) is 2.18. The molecule has 0 amide bonds. The number of hydrogen-bond acceptors (Lipinski definition) is 1. The van der Waals surface area contributed by atoms with Crippen molar-refractivity contribution in [1.82, 2.24) is 0 Å². The van der Waals surface area contributed by atoms with Crippen LogP contribution in [0.1, 0.15) is 27.2 Å². The van der Waals surface area contributed by atoms with Crippen molar-refractivity contribution < 1.29 is 4.79 Å². The minimum atomic E-state index is 0.297. The molecule has 1 saturated carbocycles. The molecule has 2 rings (SSSR count). The van der Waals surface area contributed by atoms with Crippen molar-refractivity contribution in [3.8, 4) is 0 Å². The summed E-state index contributed by atoms with van der Waals surface area (Å²) in [5.41, 5.74) is 1.56. The minimum absolute atomic E-state index is 0.297. The molecule has 0 aromatic heterocycles. The largest absolute Gasteiger partial charge is 0.295 e. The molecule has 1 nitrogen and oxygen atoms in total. The zero-order chi connectivity index (χ0) is 8.22. The minimum Gasteiger partial charge on any atom is -0.295 e. The Morgan fingerprint density at radius 3 is 2.73 bits per heavy atom. The number of carbonyl (C=O) groups is 1. The van der Waals surface area contributed by atoms with Crippen molar-refractivity contribution in [2.75, 3.05) is 0 Å². The van der Waals surface area contributed by atoms with Crippen LogP contribution >= 0.6 is 0 Å². The molecular formula is C10H14O. The summed E-state index contributed by atoms with van der Waals surface area (Å²) in [4.78, 5) is 11.4. The Kier molecular flexibility index (Phi) is 1.14. The van der Waals surface area contributed by atoms with Crippen LogP contribution in [0.3, 0.4) is 0 Å². The van der Waals surface area contributed by atoms with E-state index >= 15 is 0 Å². The molecule has 2 atom stereocenters. The molecule has 0 heterocycles. The monoisotopic (exact) mass is 150 g/mol. The molecular weight excluding hydrogens is 136 g/mol. The first kappa shape index (κ1) is 7.08. The number of allylic oxidation sites excluding steroid dienone is 2. The van der Waals surface area contributed by atoms with Gasteiger partial charge in [-0.3, -0.25) is 4.79 Å². The fraction of sp³-hybridized carbons (Fsp3) is 0.700. The normalized spacial score (nSPS) is 39.5. The molecule has 0 saturated heterocycles. The van der Waals surface area contributed by atoms with Crippen LogP contribution < -0.4 is 0 Å². The third kappa shape index (κ3) is 0.800. The maximum atomic E-state index is 11.4. The molecule has 1 heteroatoms. The summed E-state index contributed by atoms with van der Waals surface area (Å²) in [6.45, 7) is 6.46. The molecule has 2 aliphatic rings. The van der Waals surface area contributed by atoms with E-state index in [4.69, 9.17) is 0 Å². The molecule has 60 valence electrons. The van der Waals surface area contributed by atoms with Crippen LogP contribution in [0.25, 0.3) is 0 Å². The highest BCUT2D eigenvalue weighted by Crippen LogP contribution is 2.62. The van der Waals surface area contributed by atoms with Gasteiger partial charge in [0.2, 0.25) is 0 Å². The van der Waals surface area contributed by atoms with Gasteiger partial charge in [0, 0.05) is 5.92 Å². The molecule has 2 unspecified atom stereocenters. The lowest BCUT2D eigenvalue weighted by Crippen LogP contribution is -2.05. The van der Waals surface area contributed by atoms with E-state index in [9.17, 15) is 4.79 Å². The quantitative estimate of drug-likeness (QED) is 0.517. The SMILES string of the molecule is CC1=CC(=O)C2C(C1)C2(C)C.